The van der Waals surface area contributed by atoms with Crippen molar-refractivity contribution < 1.29 is 23.1 Å². The molecule has 0 radical (unpaired) electrons. The highest BCUT2D eigenvalue weighted by Crippen LogP contribution is 2.17. The van der Waals surface area contributed by atoms with Crippen LogP contribution >= 0.6 is 0 Å². The quantitative estimate of drug-likeness (QED) is 0.662. The predicted octanol–water partition coefficient (Wildman–Crippen LogP) is 3.56. The molecule has 1 amide bonds. The van der Waals surface area contributed by atoms with Gasteiger partial charge in [-0.15, -0.1) is 0 Å². The summed E-state index contributed by atoms with van der Waals surface area (Å²) in [7, 11) is 1.22. The van der Waals surface area contributed by atoms with Crippen LogP contribution in [0.4, 0.5) is 8.78 Å². The molecule has 0 aliphatic heterocycles. The van der Waals surface area contributed by atoms with Gasteiger partial charge in [0.15, 0.2) is 0 Å². The molecule has 1 N–H and O–H groups in total. The molecule has 0 fully saturated rings. The highest BCUT2D eigenvalue weighted by molar-refractivity contribution is 5.86. The Bertz CT molecular complexity index is 999. The summed E-state index contributed by atoms with van der Waals surface area (Å²) in [6.07, 6.45) is -0.313. The summed E-state index contributed by atoms with van der Waals surface area (Å²) >= 11 is 0. The van der Waals surface area contributed by atoms with E-state index in [1.54, 1.807) is 0 Å². The molecule has 3 rings (SSSR count). The summed E-state index contributed by atoms with van der Waals surface area (Å²) in [5.41, 5.74) is 0.487. The number of nitrogens with one attached hydrogen (secondary N) is 1. The van der Waals surface area contributed by atoms with Crippen molar-refractivity contribution >= 4 is 22.6 Å². The molecule has 0 unspecified atom stereocenters. The Morgan fingerprint density at radius 1 is 0.964 bits per heavy atom. The van der Waals surface area contributed by atoms with Crippen molar-refractivity contribution in [3.05, 3.63) is 83.4 Å². The fourth-order valence-electron chi connectivity index (χ4n) is 3.04. The molecule has 0 spiro atoms. The maximum absolute atomic E-state index is 13.8. The van der Waals surface area contributed by atoms with Gasteiger partial charge < -0.3 is 10.1 Å². The molecule has 144 valence electrons. The maximum atomic E-state index is 13.8. The molecule has 0 saturated heterocycles. The van der Waals surface area contributed by atoms with Gasteiger partial charge in [-0.1, -0.05) is 48.5 Å². The second-order valence-electron chi connectivity index (χ2n) is 6.41. The van der Waals surface area contributed by atoms with Gasteiger partial charge in [-0.25, -0.2) is 13.6 Å². The average molecular weight is 383 g/mol. The van der Waals surface area contributed by atoms with Gasteiger partial charge >= 0.3 is 5.97 Å². The Labute approximate surface area is 161 Å². The van der Waals surface area contributed by atoms with Crippen molar-refractivity contribution in [2.75, 3.05) is 7.11 Å². The number of carbonyl (C=O) groups excluding carboxylic acids is 2. The van der Waals surface area contributed by atoms with Crippen molar-refractivity contribution in [1.29, 1.82) is 0 Å². The predicted molar refractivity (Wildman–Crippen MR) is 102 cm³/mol. The van der Waals surface area contributed by atoms with Crippen molar-refractivity contribution in [1.82, 2.24) is 5.32 Å². The van der Waals surface area contributed by atoms with Crippen molar-refractivity contribution in [3.63, 3.8) is 0 Å². The summed E-state index contributed by atoms with van der Waals surface area (Å²) in [5.74, 6) is -2.91. The molecular formula is C22H19F2NO3. The third kappa shape index (κ3) is 4.52. The van der Waals surface area contributed by atoms with E-state index in [0.29, 0.717) is 0 Å². The number of hydrogen-bond donors (Lipinski definition) is 1. The van der Waals surface area contributed by atoms with E-state index in [9.17, 15) is 18.4 Å². The molecule has 28 heavy (non-hydrogen) atoms. The van der Waals surface area contributed by atoms with Gasteiger partial charge in [0, 0.05) is 12.0 Å². The van der Waals surface area contributed by atoms with Crippen LogP contribution in [0.25, 0.3) is 10.8 Å². The summed E-state index contributed by atoms with van der Waals surface area (Å²) in [5, 5.41) is 4.58. The van der Waals surface area contributed by atoms with Crippen molar-refractivity contribution in [2.24, 2.45) is 0 Å². The fourth-order valence-corrected chi connectivity index (χ4v) is 3.04. The standard InChI is InChI=1S/C22H19F2NO3/c1-28-22(27)20(12-14-9-10-15-5-2-3-6-16(15)11-14)25-21(26)13-17-18(23)7-4-8-19(17)24/h2-11,20H,12-13H2,1H3,(H,25,26)/t20-/m1/s1. The molecule has 3 aromatic rings. The number of hydrogen-bond acceptors (Lipinski definition) is 3. The molecule has 4 nitrogen and oxygen atoms in total. The maximum Gasteiger partial charge on any atom is 0.328 e. The first-order valence-corrected chi connectivity index (χ1v) is 8.75. The molecule has 0 aliphatic rings. The van der Waals surface area contributed by atoms with Crippen LogP contribution in [0.3, 0.4) is 0 Å². The minimum absolute atomic E-state index is 0.197. The Kier molecular flexibility index (Phi) is 5.99. The molecule has 3 aromatic carbocycles. The topological polar surface area (TPSA) is 55.4 Å². The Morgan fingerprint density at radius 3 is 2.32 bits per heavy atom. The van der Waals surface area contributed by atoms with Crippen LogP contribution in [0.5, 0.6) is 0 Å². The first-order chi connectivity index (χ1) is 13.5. The van der Waals surface area contributed by atoms with Gasteiger partial charge in [0.25, 0.3) is 0 Å². The molecule has 0 bridgehead atoms. The first kappa shape index (κ1) is 19.5. The lowest BCUT2D eigenvalue weighted by Crippen LogP contribution is -2.43. The smallest absolute Gasteiger partial charge is 0.328 e. The summed E-state index contributed by atoms with van der Waals surface area (Å²) < 4.78 is 32.3. The lowest BCUT2D eigenvalue weighted by atomic mass is 10.0. The van der Waals surface area contributed by atoms with Gasteiger partial charge in [-0.3, -0.25) is 4.79 Å². The van der Waals surface area contributed by atoms with Gasteiger partial charge in [0.05, 0.1) is 13.5 Å². The highest BCUT2D eigenvalue weighted by Gasteiger charge is 2.23. The SMILES string of the molecule is COC(=O)[C@@H](Cc1ccc2ccccc2c1)NC(=O)Cc1c(F)cccc1F. The van der Waals surface area contributed by atoms with E-state index < -0.39 is 36.0 Å². The molecule has 0 aliphatic carbocycles. The molecule has 0 heterocycles. The average Bonchev–Trinajstić information content (AvgIpc) is 2.69. The summed E-state index contributed by atoms with van der Waals surface area (Å²) in [6, 6.07) is 15.9. The molecule has 6 heteroatoms. The zero-order valence-electron chi connectivity index (χ0n) is 15.2. The van der Waals surface area contributed by atoms with E-state index in [1.165, 1.54) is 13.2 Å². The molecule has 0 aromatic heterocycles. The number of esters is 1. The van der Waals surface area contributed by atoms with Crippen molar-refractivity contribution in [3.8, 4) is 0 Å². The van der Waals surface area contributed by atoms with Crippen LogP contribution in [-0.2, 0) is 27.2 Å². The molecule has 0 saturated carbocycles. The summed E-state index contributed by atoms with van der Waals surface area (Å²) in [4.78, 5) is 24.4. The van der Waals surface area contributed by atoms with E-state index >= 15 is 0 Å². The largest absolute Gasteiger partial charge is 0.467 e. The second-order valence-corrected chi connectivity index (χ2v) is 6.41. The Hall–Kier alpha value is -3.28. The summed E-state index contributed by atoms with van der Waals surface area (Å²) in [6.45, 7) is 0. The Balaban J connectivity index is 1.76. The van der Waals surface area contributed by atoms with Gasteiger partial charge in [-0.2, -0.15) is 0 Å². The number of carbonyl (C=O) groups is 2. The monoisotopic (exact) mass is 383 g/mol. The normalized spacial score (nSPS) is 11.8. The van der Waals surface area contributed by atoms with E-state index in [0.717, 1.165) is 28.5 Å². The molecular weight excluding hydrogens is 364 g/mol. The first-order valence-electron chi connectivity index (χ1n) is 8.75. The van der Waals surface area contributed by atoms with Gasteiger partial charge in [0.1, 0.15) is 17.7 Å². The van der Waals surface area contributed by atoms with E-state index in [-0.39, 0.29) is 12.0 Å². The minimum Gasteiger partial charge on any atom is -0.467 e. The highest BCUT2D eigenvalue weighted by atomic mass is 19.1. The number of amides is 1. The fraction of sp³-hybridized carbons (Fsp3) is 0.182. The number of ether oxygens (including phenoxy) is 1. The zero-order chi connectivity index (χ0) is 20.1. The number of rotatable bonds is 6. The lowest BCUT2D eigenvalue weighted by Gasteiger charge is -2.17. The van der Waals surface area contributed by atoms with Crippen molar-refractivity contribution in [2.45, 2.75) is 18.9 Å². The van der Waals surface area contributed by atoms with E-state index in [1.807, 2.05) is 42.5 Å². The second kappa shape index (κ2) is 8.61. The van der Waals surface area contributed by atoms with E-state index in [2.05, 4.69) is 5.32 Å². The number of halogens is 2. The number of fused-ring (bicyclic) bond motifs is 1. The lowest BCUT2D eigenvalue weighted by molar-refractivity contribution is -0.145. The van der Waals surface area contributed by atoms with Crippen LogP contribution in [0.1, 0.15) is 11.1 Å². The van der Waals surface area contributed by atoms with Gasteiger partial charge in [-0.05, 0) is 28.5 Å². The van der Waals surface area contributed by atoms with Crippen LogP contribution in [0, 0.1) is 11.6 Å². The Morgan fingerprint density at radius 2 is 1.64 bits per heavy atom. The van der Waals surface area contributed by atoms with Crippen LogP contribution < -0.4 is 5.32 Å². The third-order valence-electron chi connectivity index (χ3n) is 4.47. The van der Waals surface area contributed by atoms with E-state index in [4.69, 9.17) is 4.74 Å². The third-order valence-corrected chi connectivity index (χ3v) is 4.47. The number of methoxy groups -OCH3 is 1. The van der Waals surface area contributed by atoms with Gasteiger partial charge in [0.2, 0.25) is 5.91 Å². The van der Waals surface area contributed by atoms with Crippen LogP contribution in [0.15, 0.2) is 60.7 Å². The van der Waals surface area contributed by atoms with Crippen LogP contribution in [0.2, 0.25) is 0 Å². The molecule has 1 atom stereocenters. The minimum atomic E-state index is -0.964. The van der Waals surface area contributed by atoms with Crippen LogP contribution in [-0.4, -0.2) is 25.0 Å². The zero-order valence-corrected chi connectivity index (χ0v) is 15.2. The number of benzene rings is 3.